The molecule has 4 saturated carbocycles. The number of rotatable bonds is 6. The van der Waals surface area contributed by atoms with Gasteiger partial charge in [-0.3, -0.25) is 4.79 Å². The molecule has 4 aliphatic rings. The van der Waals surface area contributed by atoms with E-state index in [9.17, 15) is 22.4 Å². The average Bonchev–Trinajstić information content (AvgIpc) is 2.41. The van der Waals surface area contributed by atoms with E-state index in [1.54, 1.807) is 0 Å². The third-order valence-electron chi connectivity index (χ3n) is 6.25. The number of ether oxygens (including phenoxy) is 2. The Hall–Kier alpha value is -0.850. The van der Waals surface area contributed by atoms with E-state index in [4.69, 9.17) is 9.47 Å². The van der Waals surface area contributed by atoms with Crippen LogP contribution in [0.5, 0.6) is 0 Å². The minimum absolute atomic E-state index is 0.182. The normalized spacial score (nSPS) is 36.1. The van der Waals surface area contributed by atoms with Gasteiger partial charge in [0.1, 0.15) is 0 Å². The quantitative estimate of drug-likeness (QED) is 0.449. The maximum atomic E-state index is 13.4. The third-order valence-corrected chi connectivity index (χ3v) is 6.25. The van der Waals surface area contributed by atoms with Gasteiger partial charge in [-0.25, -0.2) is 8.78 Å². The lowest BCUT2D eigenvalue weighted by Gasteiger charge is -2.61. The van der Waals surface area contributed by atoms with Gasteiger partial charge >= 0.3 is 17.8 Å². The van der Waals surface area contributed by atoms with Gasteiger partial charge in [-0.05, 0) is 71.1 Å². The standard InChI is InChI=1S/C20H30F4O3/c1-16(2,3)27-19-10-13-7-14(11-19)9-18(8-13,12-19)15(25)26-6-5-20(23,24)17(4,21)22/h13-14H,5-12H2,1-4H3. The van der Waals surface area contributed by atoms with Crippen molar-refractivity contribution in [2.45, 2.75) is 95.7 Å². The summed E-state index contributed by atoms with van der Waals surface area (Å²) in [6, 6.07) is 0. The SMILES string of the molecule is CC(C)(C)OC12CC3CC(C1)CC(C(=O)OCCC(F)(F)C(C)(F)F)(C3)C2. The first-order valence-electron chi connectivity index (χ1n) is 9.79. The Bertz CT molecular complexity index is 577. The van der Waals surface area contributed by atoms with Crippen LogP contribution in [0.2, 0.25) is 0 Å². The summed E-state index contributed by atoms with van der Waals surface area (Å²) in [7, 11) is 0. The lowest BCUT2D eigenvalue weighted by atomic mass is 9.47. The van der Waals surface area contributed by atoms with E-state index in [0.717, 1.165) is 19.3 Å². The number of hydrogen-bond acceptors (Lipinski definition) is 3. The Morgan fingerprint density at radius 2 is 1.56 bits per heavy atom. The van der Waals surface area contributed by atoms with Gasteiger partial charge < -0.3 is 9.47 Å². The van der Waals surface area contributed by atoms with Crippen LogP contribution >= 0.6 is 0 Å². The fourth-order valence-electron chi connectivity index (χ4n) is 5.83. The van der Waals surface area contributed by atoms with Gasteiger partial charge in [0.15, 0.2) is 0 Å². The molecule has 0 radical (unpaired) electrons. The summed E-state index contributed by atoms with van der Waals surface area (Å²) in [5.74, 6) is -8.12. The highest BCUT2D eigenvalue weighted by atomic mass is 19.3. The maximum absolute atomic E-state index is 13.4. The molecule has 4 bridgehead atoms. The van der Waals surface area contributed by atoms with Crippen molar-refractivity contribution in [3.8, 4) is 0 Å². The molecule has 27 heavy (non-hydrogen) atoms. The molecule has 0 aromatic carbocycles. The summed E-state index contributed by atoms with van der Waals surface area (Å²) in [6.07, 6.45) is 3.60. The molecule has 156 valence electrons. The molecule has 0 amide bonds. The lowest BCUT2D eigenvalue weighted by Crippen LogP contribution is -2.61. The Balaban J connectivity index is 1.68. The number of carbonyl (C=O) groups is 1. The zero-order valence-corrected chi connectivity index (χ0v) is 16.5. The van der Waals surface area contributed by atoms with E-state index in [0.29, 0.717) is 31.1 Å². The van der Waals surface area contributed by atoms with Crippen molar-refractivity contribution in [2.75, 3.05) is 6.61 Å². The molecule has 0 saturated heterocycles. The Kier molecular flexibility index (Phi) is 4.89. The van der Waals surface area contributed by atoms with Crippen molar-refractivity contribution >= 4 is 5.97 Å². The van der Waals surface area contributed by atoms with E-state index in [-0.39, 0.29) is 18.1 Å². The maximum Gasteiger partial charge on any atom is 0.313 e. The first kappa shape index (κ1) is 20.9. The molecule has 0 N–H and O–H groups in total. The van der Waals surface area contributed by atoms with Crippen molar-refractivity contribution < 1.29 is 31.8 Å². The second-order valence-electron chi connectivity index (χ2n) is 10.1. The van der Waals surface area contributed by atoms with Crippen LogP contribution in [-0.2, 0) is 14.3 Å². The van der Waals surface area contributed by atoms with Crippen LogP contribution in [0.3, 0.4) is 0 Å². The predicted octanol–water partition coefficient (Wildman–Crippen LogP) is 5.36. The van der Waals surface area contributed by atoms with E-state index in [1.807, 2.05) is 20.8 Å². The fourth-order valence-corrected chi connectivity index (χ4v) is 5.83. The average molecular weight is 394 g/mol. The van der Waals surface area contributed by atoms with Crippen LogP contribution in [0, 0.1) is 17.3 Å². The largest absolute Gasteiger partial charge is 0.465 e. The summed E-state index contributed by atoms with van der Waals surface area (Å²) < 4.78 is 64.2. The highest BCUT2D eigenvalue weighted by Gasteiger charge is 2.62. The monoisotopic (exact) mass is 394 g/mol. The molecule has 7 heteroatoms. The smallest absolute Gasteiger partial charge is 0.313 e. The number of hydrogen-bond donors (Lipinski definition) is 0. The molecule has 4 rings (SSSR count). The summed E-state index contributed by atoms with van der Waals surface area (Å²) in [5.41, 5.74) is -1.44. The molecule has 0 aliphatic heterocycles. The number of carbonyl (C=O) groups excluding carboxylic acids is 1. The van der Waals surface area contributed by atoms with Crippen molar-refractivity contribution in [3.05, 3.63) is 0 Å². The minimum atomic E-state index is -4.19. The number of esters is 1. The van der Waals surface area contributed by atoms with Crippen LogP contribution in [0.1, 0.15) is 72.6 Å². The van der Waals surface area contributed by atoms with Gasteiger partial charge in [0.2, 0.25) is 0 Å². The van der Waals surface area contributed by atoms with Crippen LogP contribution in [0.15, 0.2) is 0 Å². The van der Waals surface area contributed by atoms with Gasteiger partial charge in [0.25, 0.3) is 0 Å². The topological polar surface area (TPSA) is 35.5 Å². The fraction of sp³-hybridized carbons (Fsp3) is 0.950. The molecule has 0 aromatic heterocycles. The molecule has 2 unspecified atom stereocenters. The molecule has 4 fully saturated rings. The number of halogens is 4. The van der Waals surface area contributed by atoms with Crippen LogP contribution in [0.4, 0.5) is 17.6 Å². The zero-order valence-electron chi connectivity index (χ0n) is 16.5. The van der Waals surface area contributed by atoms with Crippen molar-refractivity contribution in [1.29, 1.82) is 0 Å². The van der Waals surface area contributed by atoms with Crippen molar-refractivity contribution in [2.24, 2.45) is 17.3 Å². The first-order chi connectivity index (χ1) is 12.2. The molecule has 0 heterocycles. The van der Waals surface area contributed by atoms with Crippen molar-refractivity contribution in [3.63, 3.8) is 0 Å². The Labute approximate surface area is 158 Å². The second kappa shape index (κ2) is 6.33. The molecule has 2 atom stereocenters. The van der Waals surface area contributed by atoms with Gasteiger partial charge in [0.05, 0.1) is 29.6 Å². The zero-order chi connectivity index (χ0) is 20.3. The van der Waals surface area contributed by atoms with E-state index in [2.05, 4.69) is 0 Å². The van der Waals surface area contributed by atoms with Crippen molar-refractivity contribution in [1.82, 2.24) is 0 Å². The highest BCUT2D eigenvalue weighted by molar-refractivity contribution is 5.77. The summed E-state index contributed by atoms with van der Waals surface area (Å²) in [4.78, 5) is 12.8. The van der Waals surface area contributed by atoms with Crippen LogP contribution < -0.4 is 0 Å². The van der Waals surface area contributed by atoms with E-state index < -0.39 is 36.3 Å². The summed E-state index contributed by atoms with van der Waals surface area (Å²) in [6.45, 7) is 5.46. The Morgan fingerprint density at radius 3 is 2.04 bits per heavy atom. The molecular weight excluding hydrogens is 364 g/mol. The number of alkyl halides is 4. The predicted molar refractivity (Wildman–Crippen MR) is 91.8 cm³/mol. The van der Waals surface area contributed by atoms with Gasteiger partial charge in [-0.1, -0.05) is 0 Å². The molecule has 0 spiro atoms. The highest BCUT2D eigenvalue weighted by Crippen LogP contribution is 2.63. The van der Waals surface area contributed by atoms with Gasteiger partial charge in [-0.15, -0.1) is 0 Å². The van der Waals surface area contributed by atoms with Gasteiger partial charge in [-0.2, -0.15) is 8.78 Å². The Morgan fingerprint density at radius 1 is 1.00 bits per heavy atom. The summed E-state index contributed by atoms with van der Waals surface area (Å²) >= 11 is 0. The minimum Gasteiger partial charge on any atom is -0.465 e. The summed E-state index contributed by atoms with van der Waals surface area (Å²) in [5, 5.41) is 0. The van der Waals surface area contributed by atoms with E-state index in [1.165, 1.54) is 0 Å². The van der Waals surface area contributed by atoms with E-state index >= 15 is 0 Å². The van der Waals surface area contributed by atoms with Crippen LogP contribution in [0.25, 0.3) is 0 Å². The molecular formula is C20H30F4O3. The van der Waals surface area contributed by atoms with Crippen LogP contribution in [-0.4, -0.2) is 35.6 Å². The second-order valence-corrected chi connectivity index (χ2v) is 10.1. The molecule has 3 nitrogen and oxygen atoms in total. The third kappa shape index (κ3) is 4.13. The lowest BCUT2D eigenvalue weighted by molar-refractivity contribution is -0.239. The molecule has 0 aromatic rings. The molecule has 4 aliphatic carbocycles. The first-order valence-corrected chi connectivity index (χ1v) is 9.79. The van der Waals surface area contributed by atoms with Gasteiger partial charge in [0, 0.05) is 6.92 Å².